The first-order chi connectivity index (χ1) is 10.9. The van der Waals surface area contributed by atoms with Crippen LogP contribution in [-0.4, -0.2) is 0 Å². The van der Waals surface area contributed by atoms with Crippen LogP contribution >= 0.6 is 0 Å². The number of unbranched alkanes of at least 4 members (excludes halogenated alkanes) is 9. The van der Waals surface area contributed by atoms with Gasteiger partial charge in [0.15, 0.2) is 0 Å². The van der Waals surface area contributed by atoms with Crippen LogP contribution in [0, 0.1) is 0 Å². The Hall–Kier alpha value is 0.700. The molecule has 0 unspecified atom stereocenters. The van der Waals surface area contributed by atoms with E-state index in [2.05, 4.69) is 49.4 Å². The molecular weight excluding hydrogens is 310 g/mol. The van der Waals surface area contributed by atoms with Gasteiger partial charge < -0.3 is 0 Å². The molecule has 0 nitrogen and oxygen atoms in total. The molecule has 0 amide bonds. The second-order valence-corrected chi connectivity index (χ2v) is 6.57. The summed E-state index contributed by atoms with van der Waals surface area (Å²) >= 11 is 0. The van der Waals surface area contributed by atoms with Crippen molar-refractivity contribution in [1.29, 1.82) is 0 Å². The molecule has 2 aromatic carbocycles. The van der Waals surface area contributed by atoms with Crippen molar-refractivity contribution in [3.63, 3.8) is 0 Å². The van der Waals surface area contributed by atoms with Gasteiger partial charge >= 0.3 is 59.1 Å². The van der Waals surface area contributed by atoms with Gasteiger partial charge in [-0.25, -0.2) is 0 Å². The molecular formula is C22H32Na2+2. The second-order valence-electron chi connectivity index (χ2n) is 6.57. The fourth-order valence-corrected chi connectivity index (χ4v) is 3.31. The smallest absolute Gasteiger partial charge is 0.0654 e. The summed E-state index contributed by atoms with van der Waals surface area (Å²) in [6.07, 6.45) is 15.4. The van der Waals surface area contributed by atoms with Gasteiger partial charge in [0.25, 0.3) is 0 Å². The predicted molar refractivity (Wildman–Crippen MR) is 99.5 cm³/mol. The number of fused-ring (bicyclic) bond motifs is 1. The zero-order valence-electron chi connectivity index (χ0n) is 16.3. The molecule has 2 rings (SSSR count). The van der Waals surface area contributed by atoms with Crippen LogP contribution in [-0.2, 0) is 6.42 Å². The zero-order chi connectivity index (χ0) is 15.5. The average Bonchev–Trinajstić information content (AvgIpc) is 2.56. The molecule has 0 heterocycles. The third-order valence-corrected chi connectivity index (χ3v) is 4.68. The monoisotopic (exact) mass is 342 g/mol. The summed E-state index contributed by atoms with van der Waals surface area (Å²) in [7, 11) is 0. The maximum absolute atomic E-state index is 2.30. The molecule has 0 aromatic heterocycles. The van der Waals surface area contributed by atoms with E-state index in [1.165, 1.54) is 87.0 Å². The van der Waals surface area contributed by atoms with E-state index in [1.54, 1.807) is 0 Å². The minimum absolute atomic E-state index is 0. The summed E-state index contributed by atoms with van der Waals surface area (Å²) in [5, 5.41) is 2.83. The average molecular weight is 342 g/mol. The van der Waals surface area contributed by atoms with Crippen LogP contribution in [0.3, 0.4) is 0 Å². The zero-order valence-corrected chi connectivity index (χ0v) is 20.3. The summed E-state index contributed by atoms with van der Waals surface area (Å²) in [5.41, 5.74) is 1.53. The molecule has 0 saturated carbocycles. The third kappa shape index (κ3) is 9.41. The maximum Gasteiger partial charge on any atom is 1.00 e. The van der Waals surface area contributed by atoms with Crippen molar-refractivity contribution in [2.45, 2.75) is 77.6 Å². The summed E-state index contributed by atoms with van der Waals surface area (Å²) < 4.78 is 0. The van der Waals surface area contributed by atoms with Gasteiger partial charge in [0.1, 0.15) is 0 Å². The Kier molecular flexibility index (Phi) is 16.4. The first kappa shape index (κ1) is 24.7. The van der Waals surface area contributed by atoms with Gasteiger partial charge in [-0.1, -0.05) is 107 Å². The second kappa shape index (κ2) is 15.9. The van der Waals surface area contributed by atoms with Crippen molar-refractivity contribution >= 4 is 10.8 Å². The number of benzene rings is 2. The minimum Gasteiger partial charge on any atom is -0.0654 e. The molecule has 0 saturated heterocycles. The standard InChI is InChI=1S/C22H32.2Na/c1-2-3-4-5-6-7-8-9-10-11-15-20-17-14-18-21-16-12-13-19-22(20)21;;/h12-14,16-19H,2-11,15H2,1H3;;/q;2*+1. The van der Waals surface area contributed by atoms with Crippen LogP contribution in [0.4, 0.5) is 0 Å². The van der Waals surface area contributed by atoms with E-state index < -0.39 is 0 Å². The molecule has 2 heteroatoms. The van der Waals surface area contributed by atoms with Gasteiger partial charge in [-0.3, -0.25) is 0 Å². The molecule has 2 aromatic rings. The Morgan fingerprint density at radius 2 is 1.12 bits per heavy atom. The SMILES string of the molecule is CCCCCCCCCCCCc1cccc2ccccc12.[Na+].[Na+]. The molecule has 24 heavy (non-hydrogen) atoms. The van der Waals surface area contributed by atoms with Crippen molar-refractivity contribution in [3.05, 3.63) is 48.0 Å². The van der Waals surface area contributed by atoms with E-state index in [1.807, 2.05) is 0 Å². The van der Waals surface area contributed by atoms with Crippen molar-refractivity contribution < 1.29 is 59.1 Å². The van der Waals surface area contributed by atoms with E-state index in [0.29, 0.717) is 0 Å². The van der Waals surface area contributed by atoms with Gasteiger partial charge in [0.2, 0.25) is 0 Å². The molecule has 0 aliphatic rings. The number of hydrogen-bond donors (Lipinski definition) is 0. The van der Waals surface area contributed by atoms with Crippen LogP contribution in [0.5, 0.6) is 0 Å². The first-order valence-corrected chi connectivity index (χ1v) is 9.38. The van der Waals surface area contributed by atoms with Crippen LogP contribution in [0.25, 0.3) is 10.8 Å². The van der Waals surface area contributed by atoms with Crippen molar-refractivity contribution in [3.8, 4) is 0 Å². The Morgan fingerprint density at radius 1 is 0.583 bits per heavy atom. The first-order valence-electron chi connectivity index (χ1n) is 9.38. The maximum atomic E-state index is 2.30. The number of hydrogen-bond acceptors (Lipinski definition) is 0. The van der Waals surface area contributed by atoms with Crippen molar-refractivity contribution in [1.82, 2.24) is 0 Å². The Balaban J connectivity index is 0.00000264. The Labute approximate surface area is 193 Å². The van der Waals surface area contributed by atoms with Gasteiger partial charge in [0, 0.05) is 0 Å². The predicted octanol–water partition coefficient (Wildman–Crippen LogP) is 1.31. The largest absolute Gasteiger partial charge is 1.00 e. The number of aryl methyl sites for hydroxylation is 1. The van der Waals surface area contributed by atoms with Gasteiger partial charge in [-0.2, -0.15) is 0 Å². The summed E-state index contributed by atoms with van der Waals surface area (Å²) in [6, 6.07) is 15.5. The molecule has 0 spiro atoms. The van der Waals surface area contributed by atoms with Crippen LogP contribution < -0.4 is 59.1 Å². The fourth-order valence-electron chi connectivity index (χ4n) is 3.31. The quantitative estimate of drug-likeness (QED) is 0.427. The molecule has 0 radical (unpaired) electrons. The van der Waals surface area contributed by atoms with Crippen molar-refractivity contribution in [2.75, 3.05) is 0 Å². The Bertz CT molecular complexity index is 531. The van der Waals surface area contributed by atoms with Gasteiger partial charge in [-0.05, 0) is 29.2 Å². The summed E-state index contributed by atoms with van der Waals surface area (Å²) in [4.78, 5) is 0. The summed E-state index contributed by atoms with van der Waals surface area (Å²) in [5.74, 6) is 0. The van der Waals surface area contributed by atoms with E-state index >= 15 is 0 Å². The van der Waals surface area contributed by atoms with Crippen LogP contribution in [0.1, 0.15) is 76.7 Å². The van der Waals surface area contributed by atoms with E-state index in [-0.39, 0.29) is 59.1 Å². The number of rotatable bonds is 11. The topological polar surface area (TPSA) is 0 Å². The van der Waals surface area contributed by atoms with E-state index in [9.17, 15) is 0 Å². The van der Waals surface area contributed by atoms with Crippen LogP contribution in [0.2, 0.25) is 0 Å². The molecule has 0 atom stereocenters. The molecule has 0 fully saturated rings. The minimum atomic E-state index is 0. The molecule has 0 aliphatic heterocycles. The van der Waals surface area contributed by atoms with E-state index in [0.717, 1.165) is 0 Å². The van der Waals surface area contributed by atoms with Gasteiger partial charge in [-0.15, -0.1) is 0 Å². The Morgan fingerprint density at radius 3 is 1.79 bits per heavy atom. The molecule has 0 bridgehead atoms. The molecule has 0 N–H and O–H groups in total. The van der Waals surface area contributed by atoms with E-state index in [4.69, 9.17) is 0 Å². The molecule has 0 aliphatic carbocycles. The normalized spacial score (nSPS) is 10.2. The third-order valence-electron chi connectivity index (χ3n) is 4.68. The molecule has 120 valence electrons. The fraction of sp³-hybridized carbons (Fsp3) is 0.545. The van der Waals surface area contributed by atoms with Crippen molar-refractivity contribution in [2.24, 2.45) is 0 Å². The summed E-state index contributed by atoms with van der Waals surface area (Å²) in [6.45, 7) is 2.29. The van der Waals surface area contributed by atoms with Gasteiger partial charge in [0.05, 0.1) is 0 Å². The van der Waals surface area contributed by atoms with Crippen LogP contribution in [0.15, 0.2) is 42.5 Å².